The number of amidine groups is 1. The molecule has 208 valence electrons. The number of hydrogen-bond donors (Lipinski definition) is 0. The van der Waals surface area contributed by atoms with Crippen molar-refractivity contribution in [3.8, 4) is 5.75 Å². The van der Waals surface area contributed by atoms with Gasteiger partial charge in [0.1, 0.15) is 17.3 Å². The van der Waals surface area contributed by atoms with Crippen LogP contribution in [0.2, 0.25) is 5.02 Å². The monoisotopic (exact) mass is 571 g/mol. The highest BCUT2D eigenvalue weighted by Gasteiger charge is 2.37. The van der Waals surface area contributed by atoms with Crippen LogP contribution >= 0.6 is 11.6 Å². The summed E-state index contributed by atoms with van der Waals surface area (Å²) >= 11 is 6.30. The predicted molar refractivity (Wildman–Crippen MR) is 172 cm³/mol. The van der Waals surface area contributed by atoms with E-state index in [0.29, 0.717) is 22.3 Å². The zero-order valence-corrected chi connectivity index (χ0v) is 24.1. The number of aliphatic imine (C=N–C) groups is 1. The van der Waals surface area contributed by atoms with Gasteiger partial charge in [0, 0.05) is 36.2 Å². The van der Waals surface area contributed by atoms with Crippen LogP contribution in [0.5, 0.6) is 5.75 Å². The number of hydrogen-bond acceptors (Lipinski definition) is 6. The number of rotatable bonds is 6. The summed E-state index contributed by atoms with van der Waals surface area (Å²) in [6.45, 7) is 0. The van der Waals surface area contributed by atoms with Crippen LogP contribution < -0.4 is 14.5 Å². The van der Waals surface area contributed by atoms with Crippen LogP contribution in [0.1, 0.15) is 11.7 Å². The summed E-state index contributed by atoms with van der Waals surface area (Å²) in [4.78, 5) is 9.46. The third-order valence-corrected chi connectivity index (χ3v) is 7.24. The standard InChI is InChI=1S/C35H30ClN5O/c1-40(2)28-22-20-25(21-23-28)34-33(39-38-27-13-11-12-26(36)24-27)35(37-31-18-9-10-19-32(31)42-34)41(29-14-5-3-6-15-29)30-16-7-4-8-17-30/h3-24,33-34H,1-2H3. The second-order valence-corrected chi connectivity index (χ2v) is 10.5. The van der Waals surface area contributed by atoms with Gasteiger partial charge in [0.05, 0.1) is 5.69 Å². The van der Waals surface area contributed by atoms with Gasteiger partial charge in [-0.2, -0.15) is 10.2 Å². The molecule has 2 atom stereocenters. The van der Waals surface area contributed by atoms with Gasteiger partial charge in [0.25, 0.3) is 0 Å². The molecule has 5 aromatic carbocycles. The minimum atomic E-state index is -0.623. The number of nitrogens with zero attached hydrogens (tertiary/aromatic N) is 5. The Kier molecular flexibility index (Phi) is 7.97. The van der Waals surface area contributed by atoms with E-state index < -0.39 is 12.1 Å². The number of ether oxygens (including phenoxy) is 1. The molecule has 0 amide bonds. The molecule has 0 radical (unpaired) electrons. The summed E-state index contributed by atoms with van der Waals surface area (Å²) in [5.41, 5.74) is 5.32. The molecule has 1 heterocycles. The van der Waals surface area contributed by atoms with E-state index in [-0.39, 0.29) is 0 Å². The molecule has 0 spiro atoms. The Bertz CT molecular complexity index is 1670. The number of para-hydroxylation sites is 4. The number of benzene rings is 5. The van der Waals surface area contributed by atoms with Crippen LogP contribution in [0, 0.1) is 0 Å². The van der Waals surface area contributed by atoms with Crippen molar-refractivity contribution in [2.45, 2.75) is 12.1 Å². The normalized spacial score (nSPS) is 16.2. The van der Waals surface area contributed by atoms with E-state index in [4.69, 9.17) is 26.4 Å². The molecule has 1 aliphatic heterocycles. The largest absolute Gasteiger partial charge is 0.481 e. The molecule has 0 fully saturated rings. The van der Waals surface area contributed by atoms with Crippen molar-refractivity contribution in [3.63, 3.8) is 0 Å². The van der Waals surface area contributed by atoms with Crippen LogP contribution in [0.15, 0.2) is 149 Å². The topological polar surface area (TPSA) is 52.8 Å². The van der Waals surface area contributed by atoms with Crippen molar-refractivity contribution >= 4 is 45.9 Å². The summed E-state index contributed by atoms with van der Waals surface area (Å²) in [6, 6.07) is 43.3. The summed E-state index contributed by atoms with van der Waals surface area (Å²) in [5, 5.41) is 10.2. The summed E-state index contributed by atoms with van der Waals surface area (Å²) in [7, 11) is 4.05. The van der Waals surface area contributed by atoms with E-state index in [1.54, 1.807) is 6.07 Å². The Hall–Kier alpha value is -4.94. The molecule has 5 aromatic rings. The first-order valence-corrected chi connectivity index (χ1v) is 14.1. The zero-order chi connectivity index (χ0) is 28.9. The van der Waals surface area contributed by atoms with Gasteiger partial charge in [-0.3, -0.25) is 4.90 Å². The van der Waals surface area contributed by atoms with Crippen molar-refractivity contribution in [1.82, 2.24) is 0 Å². The lowest BCUT2D eigenvalue weighted by molar-refractivity contribution is 0.198. The van der Waals surface area contributed by atoms with Gasteiger partial charge in [0.15, 0.2) is 12.1 Å². The molecule has 0 bridgehead atoms. The van der Waals surface area contributed by atoms with Crippen LogP contribution in [0.25, 0.3) is 0 Å². The van der Waals surface area contributed by atoms with Gasteiger partial charge < -0.3 is 9.64 Å². The molecule has 0 N–H and O–H groups in total. The molecule has 6 nitrogen and oxygen atoms in total. The molecular formula is C35H30ClN5O. The lowest BCUT2D eigenvalue weighted by atomic mass is 9.99. The minimum absolute atomic E-state index is 0.526. The quantitative estimate of drug-likeness (QED) is 0.191. The van der Waals surface area contributed by atoms with E-state index in [2.05, 4.69) is 63.4 Å². The van der Waals surface area contributed by atoms with Gasteiger partial charge in [-0.15, -0.1) is 0 Å². The molecule has 42 heavy (non-hydrogen) atoms. The van der Waals surface area contributed by atoms with Gasteiger partial charge >= 0.3 is 0 Å². The van der Waals surface area contributed by atoms with Crippen molar-refractivity contribution in [2.24, 2.45) is 15.2 Å². The average molecular weight is 572 g/mol. The third-order valence-electron chi connectivity index (χ3n) is 7.01. The Morgan fingerprint density at radius 3 is 1.98 bits per heavy atom. The van der Waals surface area contributed by atoms with Gasteiger partial charge in [-0.25, -0.2) is 4.99 Å². The molecule has 0 aromatic heterocycles. The lowest BCUT2D eigenvalue weighted by Gasteiger charge is -2.31. The van der Waals surface area contributed by atoms with Gasteiger partial charge in [-0.05, 0) is 72.3 Å². The SMILES string of the molecule is CN(C)c1ccc(C2Oc3ccccc3N=C(N(c3ccccc3)c3ccccc3)C2N=Nc2cccc(Cl)c2)cc1. The molecule has 0 aliphatic carbocycles. The first-order valence-electron chi connectivity index (χ1n) is 13.7. The van der Waals surface area contributed by atoms with Crippen LogP contribution in [-0.4, -0.2) is 26.0 Å². The maximum Gasteiger partial charge on any atom is 0.170 e. The van der Waals surface area contributed by atoms with Gasteiger partial charge in [-0.1, -0.05) is 78.3 Å². The fraction of sp³-hybridized carbons (Fsp3) is 0.114. The number of fused-ring (bicyclic) bond motifs is 1. The van der Waals surface area contributed by atoms with E-state index in [1.807, 2.05) is 93.0 Å². The third kappa shape index (κ3) is 5.90. The first-order chi connectivity index (χ1) is 20.6. The van der Waals surface area contributed by atoms with E-state index in [0.717, 1.165) is 28.3 Å². The smallest absolute Gasteiger partial charge is 0.170 e. The van der Waals surface area contributed by atoms with Crippen molar-refractivity contribution in [2.75, 3.05) is 23.9 Å². The zero-order valence-electron chi connectivity index (χ0n) is 23.4. The molecule has 7 heteroatoms. The predicted octanol–water partition coefficient (Wildman–Crippen LogP) is 9.56. The summed E-state index contributed by atoms with van der Waals surface area (Å²) < 4.78 is 6.79. The van der Waals surface area contributed by atoms with Crippen LogP contribution in [0.4, 0.5) is 28.4 Å². The average Bonchev–Trinajstić information content (AvgIpc) is 3.18. The van der Waals surface area contributed by atoms with Crippen molar-refractivity contribution in [3.05, 3.63) is 144 Å². The Balaban J connectivity index is 1.58. The number of anilines is 3. The first kappa shape index (κ1) is 27.2. The molecule has 1 aliphatic rings. The summed E-state index contributed by atoms with van der Waals surface area (Å²) in [5.74, 6) is 1.36. The molecule has 2 unspecified atom stereocenters. The van der Waals surface area contributed by atoms with E-state index in [1.165, 1.54) is 0 Å². The van der Waals surface area contributed by atoms with E-state index in [9.17, 15) is 0 Å². The Labute approximate surface area is 251 Å². The second-order valence-electron chi connectivity index (χ2n) is 10.1. The van der Waals surface area contributed by atoms with E-state index >= 15 is 0 Å². The Morgan fingerprint density at radius 1 is 0.690 bits per heavy atom. The second kappa shape index (κ2) is 12.3. The minimum Gasteiger partial charge on any atom is -0.481 e. The highest BCUT2D eigenvalue weighted by molar-refractivity contribution is 6.30. The maximum absolute atomic E-state index is 6.79. The number of azo groups is 1. The number of halogens is 1. The van der Waals surface area contributed by atoms with Crippen molar-refractivity contribution in [1.29, 1.82) is 0 Å². The van der Waals surface area contributed by atoms with Crippen LogP contribution in [-0.2, 0) is 0 Å². The van der Waals surface area contributed by atoms with Crippen LogP contribution in [0.3, 0.4) is 0 Å². The molecule has 0 saturated carbocycles. The molecular weight excluding hydrogens is 542 g/mol. The highest BCUT2D eigenvalue weighted by Crippen LogP contribution is 2.41. The summed E-state index contributed by atoms with van der Waals surface area (Å²) in [6.07, 6.45) is -0.526. The molecule has 0 saturated heterocycles. The van der Waals surface area contributed by atoms with Gasteiger partial charge in [0.2, 0.25) is 0 Å². The lowest BCUT2D eigenvalue weighted by Crippen LogP contribution is -2.39. The fourth-order valence-electron chi connectivity index (χ4n) is 4.92. The fourth-order valence-corrected chi connectivity index (χ4v) is 5.10. The maximum atomic E-state index is 6.79. The Morgan fingerprint density at radius 2 is 1.33 bits per heavy atom. The highest BCUT2D eigenvalue weighted by atomic mass is 35.5. The molecule has 6 rings (SSSR count). The van der Waals surface area contributed by atoms with Crippen molar-refractivity contribution < 1.29 is 4.74 Å².